The first-order valence-electron chi connectivity index (χ1n) is 9.70. The maximum absolute atomic E-state index is 12.9. The summed E-state index contributed by atoms with van der Waals surface area (Å²) in [5.74, 6) is -0.132. The Morgan fingerprint density at radius 2 is 1.70 bits per heavy atom. The van der Waals surface area contributed by atoms with E-state index in [1.165, 1.54) is 30.7 Å². The number of carbonyl (C=O) groups excluding carboxylic acids is 2. The molecule has 4 rings (SSSR count). The van der Waals surface area contributed by atoms with Crippen LogP contribution in [0.2, 0.25) is 5.02 Å². The van der Waals surface area contributed by atoms with Crippen molar-refractivity contribution in [3.8, 4) is 0 Å². The number of hydrazine groups is 1. The van der Waals surface area contributed by atoms with Crippen LogP contribution in [0.5, 0.6) is 0 Å². The fourth-order valence-corrected chi connectivity index (χ4v) is 4.30. The van der Waals surface area contributed by atoms with Crippen molar-refractivity contribution in [1.82, 2.24) is 15.2 Å². The summed E-state index contributed by atoms with van der Waals surface area (Å²) in [5.41, 5.74) is 4.15. The Bertz CT molecular complexity index is 735. The van der Waals surface area contributed by atoms with Crippen molar-refractivity contribution in [2.45, 2.75) is 38.1 Å². The van der Waals surface area contributed by atoms with Crippen LogP contribution in [0.25, 0.3) is 0 Å². The van der Waals surface area contributed by atoms with Crippen LogP contribution in [-0.2, 0) is 9.59 Å². The monoisotopic (exact) mass is 388 g/mol. The van der Waals surface area contributed by atoms with Gasteiger partial charge in [0, 0.05) is 43.7 Å². The number of amides is 2. The van der Waals surface area contributed by atoms with Gasteiger partial charge in [-0.2, -0.15) is 0 Å². The number of rotatable bonds is 3. The molecule has 0 aromatic heterocycles. The lowest BCUT2D eigenvalue weighted by atomic mass is 10.1. The largest absolute Gasteiger partial charge is 0.335 e. The third-order valence-electron chi connectivity index (χ3n) is 5.72. The first-order valence-corrected chi connectivity index (χ1v) is 10.1. The summed E-state index contributed by atoms with van der Waals surface area (Å²) in [5, 5.41) is 2.04. The van der Waals surface area contributed by atoms with Gasteiger partial charge in [0.25, 0.3) is 5.91 Å². The molecular formula is C20H25ClN4O2. The zero-order chi connectivity index (χ0) is 18.8. The van der Waals surface area contributed by atoms with Crippen LogP contribution in [0.4, 0.5) is 5.69 Å². The van der Waals surface area contributed by atoms with Crippen LogP contribution in [0, 0.1) is 0 Å². The zero-order valence-electron chi connectivity index (χ0n) is 15.4. The summed E-state index contributed by atoms with van der Waals surface area (Å²) < 4.78 is 0. The normalized spacial score (nSPS) is 22.0. The number of hydrogen-bond acceptors (Lipinski definition) is 4. The highest BCUT2D eigenvalue weighted by Gasteiger charge is 2.31. The molecule has 1 saturated carbocycles. The zero-order valence-corrected chi connectivity index (χ0v) is 16.1. The third kappa shape index (κ3) is 3.96. The summed E-state index contributed by atoms with van der Waals surface area (Å²) in [6.45, 7) is 3.35. The molecule has 1 N–H and O–H groups in total. The van der Waals surface area contributed by atoms with E-state index >= 15 is 0 Å². The lowest BCUT2D eigenvalue weighted by Gasteiger charge is -2.39. The summed E-state index contributed by atoms with van der Waals surface area (Å²) in [6, 6.07) is 7.69. The van der Waals surface area contributed by atoms with Crippen molar-refractivity contribution in [1.29, 1.82) is 0 Å². The van der Waals surface area contributed by atoms with E-state index in [-0.39, 0.29) is 18.2 Å². The van der Waals surface area contributed by atoms with E-state index in [0.717, 1.165) is 26.2 Å². The van der Waals surface area contributed by atoms with Crippen LogP contribution >= 0.6 is 11.6 Å². The Hall–Kier alpha value is -2.05. The molecule has 0 unspecified atom stereocenters. The molecule has 27 heavy (non-hydrogen) atoms. The SMILES string of the molecule is O=C(C1=CCC(=O)N(c2ccc(Cl)cc2)N1)N1CCN(C2CCCC2)CC1. The maximum atomic E-state index is 12.9. The molecule has 1 aliphatic carbocycles. The molecule has 144 valence electrons. The molecule has 3 aliphatic rings. The van der Waals surface area contributed by atoms with Gasteiger partial charge >= 0.3 is 0 Å². The van der Waals surface area contributed by atoms with Crippen molar-refractivity contribution >= 4 is 29.1 Å². The number of piperazine rings is 1. The third-order valence-corrected chi connectivity index (χ3v) is 5.97. The smallest absolute Gasteiger partial charge is 0.271 e. The molecule has 7 heteroatoms. The Kier molecular flexibility index (Phi) is 5.36. The predicted octanol–water partition coefficient (Wildman–Crippen LogP) is 2.55. The fraction of sp³-hybridized carbons (Fsp3) is 0.500. The first-order chi connectivity index (χ1) is 13.1. The summed E-state index contributed by atoms with van der Waals surface area (Å²) in [7, 11) is 0. The minimum absolute atomic E-state index is 0.0347. The molecule has 2 aliphatic heterocycles. The van der Waals surface area contributed by atoms with Crippen molar-refractivity contribution in [2.75, 3.05) is 31.2 Å². The van der Waals surface area contributed by atoms with Crippen molar-refractivity contribution < 1.29 is 9.59 Å². The second kappa shape index (κ2) is 7.90. The molecule has 6 nitrogen and oxygen atoms in total. The molecule has 1 aromatic carbocycles. The molecule has 0 radical (unpaired) electrons. The van der Waals surface area contributed by atoms with Gasteiger partial charge in [-0.25, -0.2) is 5.01 Å². The number of halogens is 1. The lowest BCUT2D eigenvalue weighted by molar-refractivity contribution is -0.129. The molecule has 1 aromatic rings. The van der Waals surface area contributed by atoms with Crippen molar-refractivity contribution in [3.63, 3.8) is 0 Å². The van der Waals surface area contributed by atoms with E-state index < -0.39 is 0 Å². The van der Waals surface area contributed by atoms with Gasteiger partial charge in [0.05, 0.1) is 5.69 Å². The molecular weight excluding hydrogens is 364 g/mol. The number of benzene rings is 1. The van der Waals surface area contributed by atoms with Gasteiger partial charge in [-0.1, -0.05) is 24.4 Å². The molecule has 2 heterocycles. The summed E-state index contributed by atoms with van der Waals surface area (Å²) >= 11 is 5.93. The quantitative estimate of drug-likeness (QED) is 0.864. The lowest BCUT2D eigenvalue weighted by Crippen LogP contribution is -2.54. The molecule has 2 fully saturated rings. The number of carbonyl (C=O) groups is 2. The standard InChI is InChI=1S/C20H25ClN4O2/c21-15-5-7-17(8-6-15)25-19(26)10-9-18(22-25)20(27)24-13-11-23(12-14-24)16-3-1-2-4-16/h5-9,16,22H,1-4,10-14H2. The Labute approximate surface area is 164 Å². The highest BCUT2D eigenvalue weighted by molar-refractivity contribution is 6.30. The molecule has 0 spiro atoms. The van der Waals surface area contributed by atoms with Crippen LogP contribution in [0.15, 0.2) is 36.0 Å². The van der Waals surface area contributed by atoms with Crippen LogP contribution in [0.3, 0.4) is 0 Å². The highest BCUT2D eigenvalue weighted by atomic mass is 35.5. The van der Waals surface area contributed by atoms with Gasteiger partial charge < -0.3 is 4.90 Å². The first kappa shape index (κ1) is 18.3. The second-order valence-electron chi connectivity index (χ2n) is 7.41. The summed E-state index contributed by atoms with van der Waals surface area (Å²) in [6.07, 6.45) is 7.14. The Morgan fingerprint density at radius 3 is 2.37 bits per heavy atom. The maximum Gasteiger partial charge on any atom is 0.271 e. The van der Waals surface area contributed by atoms with Gasteiger partial charge in [-0.05, 0) is 43.2 Å². The highest BCUT2D eigenvalue weighted by Crippen LogP contribution is 2.25. The van der Waals surface area contributed by atoms with E-state index in [1.807, 2.05) is 4.90 Å². The van der Waals surface area contributed by atoms with Gasteiger partial charge in [0.2, 0.25) is 5.91 Å². The van der Waals surface area contributed by atoms with E-state index in [9.17, 15) is 9.59 Å². The minimum Gasteiger partial charge on any atom is -0.335 e. The fourth-order valence-electron chi connectivity index (χ4n) is 4.17. The van der Waals surface area contributed by atoms with E-state index in [4.69, 9.17) is 11.6 Å². The molecule has 0 atom stereocenters. The van der Waals surface area contributed by atoms with Crippen LogP contribution < -0.4 is 10.4 Å². The number of hydrogen-bond donors (Lipinski definition) is 1. The average Bonchev–Trinajstić information content (AvgIpc) is 3.24. The minimum atomic E-state index is -0.0973. The van der Waals surface area contributed by atoms with Gasteiger partial charge in [-0.3, -0.25) is 19.9 Å². The average molecular weight is 389 g/mol. The van der Waals surface area contributed by atoms with Gasteiger partial charge in [0.1, 0.15) is 5.70 Å². The number of nitrogens with one attached hydrogen (secondary N) is 1. The van der Waals surface area contributed by atoms with E-state index in [0.29, 0.717) is 22.4 Å². The Morgan fingerprint density at radius 1 is 1.04 bits per heavy atom. The van der Waals surface area contributed by atoms with Crippen LogP contribution in [-0.4, -0.2) is 53.8 Å². The predicted molar refractivity (Wildman–Crippen MR) is 105 cm³/mol. The van der Waals surface area contributed by atoms with E-state index in [2.05, 4.69) is 10.3 Å². The molecule has 1 saturated heterocycles. The van der Waals surface area contributed by atoms with E-state index in [1.54, 1.807) is 30.3 Å². The van der Waals surface area contributed by atoms with Crippen LogP contribution in [0.1, 0.15) is 32.1 Å². The second-order valence-corrected chi connectivity index (χ2v) is 7.84. The molecule has 0 bridgehead atoms. The van der Waals surface area contributed by atoms with Crippen molar-refractivity contribution in [2.24, 2.45) is 0 Å². The summed E-state index contributed by atoms with van der Waals surface area (Å²) in [4.78, 5) is 29.6. The Balaban J connectivity index is 1.38. The van der Waals surface area contributed by atoms with Crippen molar-refractivity contribution in [3.05, 3.63) is 41.1 Å². The number of nitrogens with zero attached hydrogens (tertiary/aromatic N) is 3. The number of anilines is 1. The van der Waals surface area contributed by atoms with Gasteiger partial charge in [-0.15, -0.1) is 0 Å². The topological polar surface area (TPSA) is 55.9 Å². The molecule has 2 amide bonds. The van der Waals surface area contributed by atoms with Gasteiger partial charge in [0.15, 0.2) is 0 Å².